The zero-order chi connectivity index (χ0) is 24.5. The van der Waals surface area contributed by atoms with Gasteiger partial charge in [-0.2, -0.15) is 9.61 Å². The monoisotopic (exact) mass is 489 g/mol. The summed E-state index contributed by atoms with van der Waals surface area (Å²) in [5, 5.41) is 5.26. The molecule has 0 unspecified atom stereocenters. The molecule has 0 bridgehead atoms. The smallest absolute Gasteiger partial charge is 0.277 e. The summed E-state index contributed by atoms with van der Waals surface area (Å²) in [5.74, 6) is 1.32. The Bertz CT molecular complexity index is 1450. The normalized spacial score (nSPS) is 13.9. The molecule has 1 fully saturated rings. The van der Waals surface area contributed by atoms with Gasteiger partial charge >= 0.3 is 0 Å². The summed E-state index contributed by atoms with van der Waals surface area (Å²) in [6.45, 7) is 8.30. The second-order valence-electron chi connectivity index (χ2n) is 8.79. The lowest BCUT2D eigenvalue weighted by atomic mass is 10.1. The summed E-state index contributed by atoms with van der Waals surface area (Å²) in [5.41, 5.74) is 4.00. The van der Waals surface area contributed by atoms with Gasteiger partial charge in [0, 0.05) is 37.8 Å². The Morgan fingerprint density at radius 3 is 2.54 bits per heavy atom. The molecule has 2 aromatic carbocycles. The minimum atomic E-state index is -0.207. The van der Waals surface area contributed by atoms with Gasteiger partial charge in [0.2, 0.25) is 4.96 Å². The molecule has 0 spiro atoms. The van der Waals surface area contributed by atoms with E-state index >= 15 is 0 Å². The Balaban J connectivity index is 1.25. The van der Waals surface area contributed by atoms with Crippen LogP contribution in [-0.2, 0) is 4.79 Å². The van der Waals surface area contributed by atoms with Crippen LogP contribution in [-0.4, -0.2) is 58.2 Å². The van der Waals surface area contributed by atoms with Gasteiger partial charge in [-0.15, -0.1) is 0 Å². The van der Waals surface area contributed by atoms with Gasteiger partial charge in [-0.1, -0.05) is 47.7 Å². The Kier molecular flexibility index (Phi) is 6.25. The third kappa shape index (κ3) is 4.77. The zero-order valence-corrected chi connectivity index (χ0v) is 20.8. The molecule has 0 radical (unpaired) electrons. The van der Waals surface area contributed by atoms with Gasteiger partial charge in [-0.25, -0.2) is 4.98 Å². The molecule has 1 amide bonds. The third-order valence-electron chi connectivity index (χ3n) is 6.26. The number of piperazine rings is 1. The summed E-state index contributed by atoms with van der Waals surface area (Å²) in [6.07, 6.45) is 0. The van der Waals surface area contributed by atoms with Gasteiger partial charge < -0.3 is 14.5 Å². The van der Waals surface area contributed by atoms with E-state index in [9.17, 15) is 9.59 Å². The first-order valence-corrected chi connectivity index (χ1v) is 12.4. The number of aryl methyl sites for hydroxylation is 3. The largest absolute Gasteiger partial charge is 0.483 e. The molecule has 8 nitrogen and oxygen atoms in total. The standard InChI is InChI=1S/C26H27N5O3S/c1-17-8-9-19(3)21(14-17)34-16-24(33)30-12-10-29(11-13-30)22-15-23(32)31-26(27-22)35-25(28-31)20-7-5-4-6-18(20)2/h4-9,14-15H,10-13,16H2,1-3H3. The topological polar surface area (TPSA) is 80.0 Å². The highest BCUT2D eigenvalue weighted by Gasteiger charge is 2.23. The summed E-state index contributed by atoms with van der Waals surface area (Å²) in [4.78, 5) is 34.6. The van der Waals surface area contributed by atoms with Gasteiger partial charge in [0.25, 0.3) is 11.5 Å². The number of fused-ring (bicyclic) bond motifs is 1. The van der Waals surface area contributed by atoms with Crippen LogP contribution in [0, 0.1) is 20.8 Å². The van der Waals surface area contributed by atoms with Crippen LogP contribution in [0.2, 0.25) is 0 Å². The Morgan fingerprint density at radius 1 is 1.00 bits per heavy atom. The fourth-order valence-electron chi connectivity index (χ4n) is 4.16. The highest BCUT2D eigenvalue weighted by atomic mass is 32.1. The fourth-order valence-corrected chi connectivity index (χ4v) is 5.15. The molecule has 1 saturated heterocycles. The van der Waals surface area contributed by atoms with E-state index in [1.165, 1.54) is 21.9 Å². The summed E-state index contributed by atoms with van der Waals surface area (Å²) in [6, 6.07) is 15.5. The van der Waals surface area contributed by atoms with Crippen LogP contribution in [0.3, 0.4) is 0 Å². The average Bonchev–Trinajstić information content (AvgIpc) is 3.29. The first-order valence-electron chi connectivity index (χ1n) is 11.6. The second-order valence-corrected chi connectivity index (χ2v) is 9.75. The molecular formula is C26H27N5O3S. The fraction of sp³-hybridized carbons (Fsp3) is 0.308. The van der Waals surface area contributed by atoms with Crippen LogP contribution in [0.5, 0.6) is 5.75 Å². The molecule has 3 heterocycles. The number of benzene rings is 2. The Labute approximate surface area is 207 Å². The first-order chi connectivity index (χ1) is 16.9. The molecule has 4 aromatic rings. The number of nitrogens with zero attached hydrogens (tertiary/aromatic N) is 5. The van der Waals surface area contributed by atoms with E-state index in [-0.39, 0.29) is 18.1 Å². The number of aromatic nitrogens is 3. The number of carbonyl (C=O) groups excluding carboxylic acids is 1. The van der Waals surface area contributed by atoms with E-state index in [1.54, 1.807) is 4.90 Å². The lowest BCUT2D eigenvalue weighted by molar-refractivity contribution is -0.133. The van der Waals surface area contributed by atoms with Crippen molar-refractivity contribution in [3.05, 3.63) is 75.6 Å². The molecule has 0 atom stereocenters. The van der Waals surface area contributed by atoms with Crippen molar-refractivity contribution < 1.29 is 9.53 Å². The van der Waals surface area contributed by atoms with E-state index in [0.29, 0.717) is 37.0 Å². The van der Waals surface area contributed by atoms with Crippen molar-refractivity contribution in [3.63, 3.8) is 0 Å². The maximum atomic E-state index is 12.8. The van der Waals surface area contributed by atoms with Crippen molar-refractivity contribution >= 4 is 28.0 Å². The highest BCUT2D eigenvalue weighted by molar-refractivity contribution is 7.19. The number of rotatable bonds is 5. The lowest BCUT2D eigenvalue weighted by Crippen LogP contribution is -2.50. The SMILES string of the molecule is Cc1ccc(C)c(OCC(=O)N2CCN(c3cc(=O)n4nc(-c5ccccc5C)sc4n3)CC2)c1. The average molecular weight is 490 g/mol. The minimum absolute atomic E-state index is 0.0123. The van der Waals surface area contributed by atoms with Gasteiger partial charge in [0.05, 0.1) is 0 Å². The van der Waals surface area contributed by atoms with Gasteiger partial charge in [-0.3, -0.25) is 9.59 Å². The second kappa shape index (κ2) is 9.50. The van der Waals surface area contributed by atoms with Crippen molar-refractivity contribution in [2.45, 2.75) is 20.8 Å². The van der Waals surface area contributed by atoms with Crippen LogP contribution in [0.15, 0.2) is 53.3 Å². The molecule has 2 aromatic heterocycles. The van der Waals surface area contributed by atoms with E-state index < -0.39 is 0 Å². The number of amides is 1. The van der Waals surface area contributed by atoms with Crippen LogP contribution in [0.25, 0.3) is 15.5 Å². The maximum Gasteiger partial charge on any atom is 0.277 e. The number of hydrogen-bond acceptors (Lipinski definition) is 7. The molecule has 35 heavy (non-hydrogen) atoms. The van der Waals surface area contributed by atoms with Crippen molar-refractivity contribution in [2.75, 3.05) is 37.7 Å². The molecular weight excluding hydrogens is 462 g/mol. The predicted molar refractivity (Wildman–Crippen MR) is 138 cm³/mol. The lowest BCUT2D eigenvalue weighted by Gasteiger charge is -2.35. The van der Waals surface area contributed by atoms with E-state index in [4.69, 9.17) is 9.72 Å². The van der Waals surface area contributed by atoms with E-state index in [1.807, 2.05) is 68.1 Å². The number of ether oxygens (including phenoxy) is 1. The molecule has 0 N–H and O–H groups in total. The first kappa shape index (κ1) is 23.0. The number of hydrogen-bond donors (Lipinski definition) is 0. The molecule has 1 aliphatic rings. The Morgan fingerprint density at radius 2 is 1.77 bits per heavy atom. The zero-order valence-electron chi connectivity index (χ0n) is 20.0. The molecule has 5 rings (SSSR count). The van der Waals surface area contributed by atoms with Gasteiger partial charge in [-0.05, 0) is 43.5 Å². The quantitative estimate of drug-likeness (QED) is 0.427. The van der Waals surface area contributed by atoms with Crippen LogP contribution >= 0.6 is 11.3 Å². The van der Waals surface area contributed by atoms with Crippen LogP contribution in [0.1, 0.15) is 16.7 Å². The van der Waals surface area contributed by atoms with Crippen molar-refractivity contribution in [1.82, 2.24) is 19.5 Å². The van der Waals surface area contributed by atoms with Gasteiger partial charge in [0.15, 0.2) is 6.61 Å². The number of carbonyl (C=O) groups is 1. The maximum absolute atomic E-state index is 12.8. The van der Waals surface area contributed by atoms with Crippen molar-refractivity contribution in [2.24, 2.45) is 0 Å². The minimum Gasteiger partial charge on any atom is -0.483 e. The van der Waals surface area contributed by atoms with Crippen LogP contribution in [0.4, 0.5) is 5.82 Å². The molecule has 180 valence electrons. The van der Waals surface area contributed by atoms with Crippen LogP contribution < -0.4 is 15.2 Å². The highest BCUT2D eigenvalue weighted by Crippen LogP contribution is 2.28. The Hall–Kier alpha value is -3.72. The van der Waals surface area contributed by atoms with Crippen molar-refractivity contribution in [3.8, 4) is 16.3 Å². The summed E-state index contributed by atoms with van der Waals surface area (Å²) < 4.78 is 7.15. The summed E-state index contributed by atoms with van der Waals surface area (Å²) >= 11 is 1.40. The molecule has 1 aliphatic heterocycles. The molecule has 0 saturated carbocycles. The predicted octanol–water partition coefficient (Wildman–Crippen LogP) is 3.47. The summed E-state index contributed by atoms with van der Waals surface area (Å²) in [7, 11) is 0. The molecule has 0 aliphatic carbocycles. The van der Waals surface area contributed by atoms with E-state index in [0.717, 1.165) is 33.0 Å². The number of anilines is 1. The third-order valence-corrected chi connectivity index (χ3v) is 7.20. The van der Waals surface area contributed by atoms with Gasteiger partial charge in [0.1, 0.15) is 16.6 Å². The van der Waals surface area contributed by atoms with E-state index in [2.05, 4.69) is 5.10 Å². The molecule has 9 heteroatoms. The van der Waals surface area contributed by atoms with Crippen molar-refractivity contribution in [1.29, 1.82) is 0 Å².